The van der Waals surface area contributed by atoms with E-state index in [-0.39, 0.29) is 0 Å². The van der Waals surface area contributed by atoms with E-state index in [1.165, 1.54) is 22.3 Å². The number of nitrogen functional groups attached to an aromatic ring is 1. The molecule has 0 aliphatic carbocycles. The second kappa shape index (κ2) is 4.39. The number of aromatic nitrogens is 1. The van der Waals surface area contributed by atoms with Gasteiger partial charge in [0, 0.05) is 17.3 Å². The van der Waals surface area contributed by atoms with Crippen LogP contribution in [0, 0.1) is 13.8 Å². The molecule has 0 aliphatic rings. The number of pyridine rings is 1. The third-order valence-electron chi connectivity index (χ3n) is 3.62. The molecule has 2 nitrogen and oxygen atoms in total. The van der Waals surface area contributed by atoms with Crippen molar-refractivity contribution in [3.63, 3.8) is 0 Å². The molecule has 0 unspecified atom stereocenters. The summed E-state index contributed by atoms with van der Waals surface area (Å²) in [6, 6.07) is 14.6. The molecule has 1 aromatic heterocycles. The van der Waals surface area contributed by atoms with Gasteiger partial charge >= 0.3 is 0 Å². The summed E-state index contributed by atoms with van der Waals surface area (Å²) < 4.78 is 0. The van der Waals surface area contributed by atoms with Crippen molar-refractivity contribution in [3.05, 3.63) is 59.8 Å². The van der Waals surface area contributed by atoms with E-state index in [9.17, 15) is 0 Å². The Hall–Kier alpha value is -2.35. The van der Waals surface area contributed by atoms with E-state index >= 15 is 0 Å². The Labute approximate surface area is 112 Å². The zero-order valence-corrected chi connectivity index (χ0v) is 11.1. The summed E-state index contributed by atoms with van der Waals surface area (Å²) in [6.07, 6.45) is 1.74. The summed E-state index contributed by atoms with van der Waals surface area (Å²) in [6.45, 7) is 4.26. The van der Waals surface area contributed by atoms with Gasteiger partial charge in [-0.2, -0.15) is 0 Å². The van der Waals surface area contributed by atoms with Crippen molar-refractivity contribution >= 4 is 16.6 Å². The first-order valence-corrected chi connectivity index (χ1v) is 6.37. The van der Waals surface area contributed by atoms with Crippen molar-refractivity contribution in [2.45, 2.75) is 13.8 Å². The molecule has 94 valence electrons. The van der Waals surface area contributed by atoms with Crippen LogP contribution in [0.2, 0.25) is 0 Å². The van der Waals surface area contributed by atoms with E-state index in [1.807, 2.05) is 12.1 Å². The third-order valence-corrected chi connectivity index (χ3v) is 3.62. The topological polar surface area (TPSA) is 38.9 Å². The first-order valence-electron chi connectivity index (χ1n) is 6.37. The number of aryl methyl sites for hydroxylation is 2. The zero-order valence-electron chi connectivity index (χ0n) is 11.1. The summed E-state index contributed by atoms with van der Waals surface area (Å²) in [5.41, 5.74) is 12.7. The van der Waals surface area contributed by atoms with Crippen molar-refractivity contribution in [2.24, 2.45) is 0 Å². The molecule has 0 aliphatic heterocycles. The van der Waals surface area contributed by atoms with Crippen molar-refractivity contribution in [3.8, 4) is 11.1 Å². The molecule has 2 N–H and O–H groups in total. The SMILES string of the molecule is Cc1ccc(-c2ccc3nccc(N)c3c2)cc1C. The quantitative estimate of drug-likeness (QED) is 0.704. The van der Waals surface area contributed by atoms with Crippen LogP contribution in [0.5, 0.6) is 0 Å². The van der Waals surface area contributed by atoms with Crippen LogP contribution < -0.4 is 5.73 Å². The predicted octanol–water partition coefficient (Wildman–Crippen LogP) is 4.10. The average Bonchev–Trinajstić information content (AvgIpc) is 2.42. The van der Waals surface area contributed by atoms with Crippen LogP contribution in [0.3, 0.4) is 0 Å². The van der Waals surface area contributed by atoms with Crippen LogP contribution >= 0.6 is 0 Å². The average molecular weight is 248 g/mol. The summed E-state index contributed by atoms with van der Waals surface area (Å²) in [5, 5.41) is 1.01. The summed E-state index contributed by atoms with van der Waals surface area (Å²) in [4.78, 5) is 4.33. The predicted molar refractivity (Wildman–Crippen MR) is 81.1 cm³/mol. The van der Waals surface area contributed by atoms with Crippen molar-refractivity contribution in [2.75, 3.05) is 5.73 Å². The Balaban J connectivity index is 2.20. The summed E-state index contributed by atoms with van der Waals surface area (Å²) in [7, 11) is 0. The molecule has 0 atom stereocenters. The molecule has 0 spiro atoms. The fraction of sp³-hybridized carbons (Fsp3) is 0.118. The van der Waals surface area contributed by atoms with Crippen LogP contribution in [0.25, 0.3) is 22.0 Å². The Kier molecular flexibility index (Phi) is 2.71. The van der Waals surface area contributed by atoms with Gasteiger partial charge in [-0.15, -0.1) is 0 Å². The fourth-order valence-corrected chi connectivity index (χ4v) is 2.27. The molecule has 1 heterocycles. The molecule has 19 heavy (non-hydrogen) atoms. The van der Waals surface area contributed by atoms with Gasteiger partial charge in [0.05, 0.1) is 5.52 Å². The Morgan fingerprint density at radius 1 is 0.842 bits per heavy atom. The molecule has 2 heteroatoms. The second-order valence-corrected chi connectivity index (χ2v) is 4.93. The molecule has 3 aromatic rings. The number of anilines is 1. The largest absolute Gasteiger partial charge is 0.398 e. The molecular formula is C17H16N2. The standard InChI is InChI=1S/C17H16N2/c1-11-3-4-13(9-12(11)2)14-5-6-17-15(10-14)16(18)7-8-19-17/h3-10H,1-2H3,(H2,18,19). The van der Waals surface area contributed by atoms with Gasteiger partial charge in [0.2, 0.25) is 0 Å². The monoisotopic (exact) mass is 248 g/mol. The maximum atomic E-state index is 6.02. The molecule has 0 radical (unpaired) electrons. The van der Waals surface area contributed by atoms with Crippen LogP contribution in [0.4, 0.5) is 5.69 Å². The Morgan fingerprint density at radius 2 is 1.58 bits per heavy atom. The van der Waals surface area contributed by atoms with E-state index in [4.69, 9.17) is 5.73 Å². The molecular weight excluding hydrogens is 232 g/mol. The number of hydrogen-bond acceptors (Lipinski definition) is 2. The number of nitrogens with zero attached hydrogens (tertiary/aromatic N) is 1. The van der Waals surface area contributed by atoms with E-state index in [1.54, 1.807) is 6.20 Å². The van der Waals surface area contributed by atoms with Gasteiger partial charge in [0.1, 0.15) is 0 Å². The summed E-state index contributed by atoms with van der Waals surface area (Å²) >= 11 is 0. The van der Waals surface area contributed by atoms with Crippen LogP contribution in [-0.2, 0) is 0 Å². The van der Waals surface area contributed by atoms with Crippen LogP contribution in [-0.4, -0.2) is 4.98 Å². The second-order valence-electron chi connectivity index (χ2n) is 4.93. The van der Waals surface area contributed by atoms with Crippen molar-refractivity contribution in [1.82, 2.24) is 4.98 Å². The fourth-order valence-electron chi connectivity index (χ4n) is 2.27. The van der Waals surface area contributed by atoms with Crippen LogP contribution in [0.1, 0.15) is 11.1 Å². The number of nitrogens with two attached hydrogens (primary N) is 1. The van der Waals surface area contributed by atoms with Crippen molar-refractivity contribution in [1.29, 1.82) is 0 Å². The van der Waals surface area contributed by atoms with Gasteiger partial charge in [-0.1, -0.05) is 24.3 Å². The highest BCUT2D eigenvalue weighted by molar-refractivity contribution is 5.93. The lowest BCUT2D eigenvalue weighted by Crippen LogP contribution is -1.90. The van der Waals surface area contributed by atoms with E-state index in [0.717, 1.165) is 16.6 Å². The van der Waals surface area contributed by atoms with E-state index < -0.39 is 0 Å². The van der Waals surface area contributed by atoms with Gasteiger partial charge in [0.15, 0.2) is 0 Å². The zero-order chi connectivity index (χ0) is 13.4. The lowest BCUT2D eigenvalue weighted by atomic mass is 9.99. The normalized spacial score (nSPS) is 10.8. The maximum Gasteiger partial charge on any atom is 0.0723 e. The van der Waals surface area contributed by atoms with Gasteiger partial charge in [-0.05, 0) is 54.3 Å². The number of benzene rings is 2. The van der Waals surface area contributed by atoms with E-state index in [0.29, 0.717) is 0 Å². The Morgan fingerprint density at radius 3 is 2.37 bits per heavy atom. The molecule has 0 amide bonds. The van der Waals surface area contributed by atoms with Gasteiger partial charge in [0.25, 0.3) is 0 Å². The molecule has 0 fully saturated rings. The minimum Gasteiger partial charge on any atom is -0.398 e. The highest BCUT2D eigenvalue weighted by Gasteiger charge is 2.04. The third kappa shape index (κ3) is 2.06. The number of hydrogen-bond donors (Lipinski definition) is 1. The summed E-state index contributed by atoms with van der Waals surface area (Å²) in [5.74, 6) is 0. The first-order chi connectivity index (χ1) is 9.15. The van der Waals surface area contributed by atoms with Crippen molar-refractivity contribution < 1.29 is 0 Å². The molecule has 0 bridgehead atoms. The van der Waals surface area contributed by atoms with Gasteiger partial charge < -0.3 is 5.73 Å². The Bertz CT molecular complexity index is 760. The molecule has 0 saturated heterocycles. The lowest BCUT2D eigenvalue weighted by Gasteiger charge is -2.08. The maximum absolute atomic E-state index is 6.02. The lowest BCUT2D eigenvalue weighted by molar-refractivity contribution is 1.34. The molecule has 0 saturated carbocycles. The van der Waals surface area contributed by atoms with Gasteiger partial charge in [-0.25, -0.2) is 0 Å². The van der Waals surface area contributed by atoms with Crippen LogP contribution in [0.15, 0.2) is 48.7 Å². The number of rotatable bonds is 1. The highest BCUT2D eigenvalue weighted by atomic mass is 14.7. The smallest absolute Gasteiger partial charge is 0.0723 e. The minimum absolute atomic E-state index is 0.774. The van der Waals surface area contributed by atoms with E-state index in [2.05, 4.69) is 49.2 Å². The molecule has 3 rings (SSSR count). The minimum atomic E-state index is 0.774. The van der Waals surface area contributed by atoms with Gasteiger partial charge in [-0.3, -0.25) is 4.98 Å². The number of fused-ring (bicyclic) bond motifs is 1. The first kappa shape index (κ1) is 11.7. The molecule has 2 aromatic carbocycles. The highest BCUT2D eigenvalue weighted by Crippen LogP contribution is 2.27.